The molecule has 7 heteroatoms. The first kappa shape index (κ1) is 20.8. The Labute approximate surface area is 164 Å². The Morgan fingerprint density at radius 3 is 2.29 bits per heavy atom. The molecule has 0 spiro atoms. The van der Waals surface area contributed by atoms with Crippen molar-refractivity contribution in [3.05, 3.63) is 59.2 Å². The van der Waals surface area contributed by atoms with Crippen LogP contribution < -0.4 is 25.1 Å². The van der Waals surface area contributed by atoms with Gasteiger partial charge in [-0.3, -0.25) is 20.4 Å². The SMILES string of the molecule is COc1ccc(C=CC(=O)NNC(=O)COc2c(C)cccc2C)cc1OC. The largest absolute Gasteiger partial charge is 0.493 e. The van der Waals surface area contributed by atoms with Crippen molar-refractivity contribution in [1.82, 2.24) is 10.9 Å². The molecule has 0 saturated carbocycles. The van der Waals surface area contributed by atoms with Gasteiger partial charge in [-0.05, 0) is 48.7 Å². The topological polar surface area (TPSA) is 85.9 Å². The van der Waals surface area contributed by atoms with Gasteiger partial charge in [-0.2, -0.15) is 0 Å². The molecule has 0 aliphatic carbocycles. The lowest BCUT2D eigenvalue weighted by atomic mass is 10.1. The van der Waals surface area contributed by atoms with Crippen molar-refractivity contribution in [2.45, 2.75) is 13.8 Å². The normalized spacial score (nSPS) is 10.4. The highest BCUT2D eigenvalue weighted by Gasteiger charge is 2.08. The highest BCUT2D eigenvalue weighted by Crippen LogP contribution is 2.27. The second-order valence-electron chi connectivity index (χ2n) is 5.99. The number of hydrogen-bond donors (Lipinski definition) is 2. The first-order valence-electron chi connectivity index (χ1n) is 8.62. The molecule has 0 aliphatic heterocycles. The third kappa shape index (κ3) is 5.77. The molecule has 0 atom stereocenters. The van der Waals surface area contributed by atoms with E-state index in [2.05, 4.69) is 10.9 Å². The minimum atomic E-state index is -0.477. The van der Waals surface area contributed by atoms with Crippen LogP contribution in [-0.4, -0.2) is 32.6 Å². The summed E-state index contributed by atoms with van der Waals surface area (Å²) in [5, 5.41) is 0. The predicted octanol–water partition coefficient (Wildman–Crippen LogP) is 2.56. The van der Waals surface area contributed by atoms with Gasteiger partial charge < -0.3 is 14.2 Å². The quantitative estimate of drug-likeness (QED) is 0.566. The van der Waals surface area contributed by atoms with E-state index in [1.165, 1.54) is 13.2 Å². The van der Waals surface area contributed by atoms with Gasteiger partial charge in [-0.15, -0.1) is 0 Å². The maximum absolute atomic E-state index is 11.9. The smallest absolute Gasteiger partial charge is 0.276 e. The Bertz CT molecular complexity index is 857. The Kier molecular flexibility index (Phi) is 7.45. The van der Waals surface area contributed by atoms with Crippen LogP contribution in [0.2, 0.25) is 0 Å². The number of carbonyl (C=O) groups excluding carboxylic acids is 2. The zero-order valence-corrected chi connectivity index (χ0v) is 16.4. The molecule has 0 aromatic heterocycles. The van der Waals surface area contributed by atoms with Gasteiger partial charge in [0.15, 0.2) is 18.1 Å². The fraction of sp³-hybridized carbons (Fsp3) is 0.238. The summed E-state index contributed by atoms with van der Waals surface area (Å²) >= 11 is 0. The van der Waals surface area contributed by atoms with Crippen LogP contribution in [0, 0.1) is 13.8 Å². The molecule has 2 aromatic carbocycles. The lowest BCUT2D eigenvalue weighted by molar-refractivity contribution is -0.128. The minimum absolute atomic E-state index is 0.203. The molecule has 2 aromatic rings. The van der Waals surface area contributed by atoms with Crippen molar-refractivity contribution in [3.63, 3.8) is 0 Å². The standard InChI is InChI=1S/C21H24N2O5/c1-14-6-5-7-15(2)21(14)28-13-20(25)23-22-19(24)11-9-16-8-10-17(26-3)18(12-16)27-4/h5-12H,13H2,1-4H3,(H,22,24)(H,23,25). The molecule has 0 aliphatic rings. The molecule has 2 amide bonds. The number of hydrazine groups is 1. The molecule has 0 saturated heterocycles. The van der Waals surface area contributed by atoms with Gasteiger partial charge in [-0.25, -0.2) is 0 Å². The van der Waals surface area contributed by atoms with Crippen LogP contribution in [0.5, 0.6) is 17.2 Å². The Morgan fingerprint density at radius 2 is 1.64 bits per heavy atom. The Morgan fingerprint density at radius 1 is 0.964 bits per heavy atom. The first-order chi connectivity index (χ1) is 13.4. The summed E-state index contributed by atoms with van der Waals surface area (Å²) in [6, 6.07) is 11.0. The summed E-state index contributed by atoms with van der Waals surface area (Å²) in [6.45, 7) is 3.60. The molecule has 0 fully saturated rings. The molecule has 148 valence electrons. The van der Waals surface area contributed by atoms with Crippen LogP contribution in [0.4, 0.5) is 0 Å². The molecule has 0 bridgehead atoms. The highest BCUT2D eigenvalue weighted by atomic mass is 16.5. The molecular weight excluding hydrogens is 360 g/mol. The van der Waals surface area contributed by atoms with Crippen molar-refractivity contribution in [3.8, 4) is 17.2 Å². The van der Waals surface area contributed by atoms with Crippen LogP contribution in [0.3, 0.4) is 0 Å². The molecule has 0 unspecified atom stereocenters. The lowest BCUT2D eigenvalue weighted by Gasteiger charge is -2.12. The first-order valence-corrected chi connectivity index (χ1v) is 8.62. The van der Waals surface area contributed by atoms with E-state index in [1.807, 2.05) is 32.0 Å². The van der Waals surface area contributed by atoms with Crippen LogP contribution >= 0.6 is 0 Å². The molecule has 28 heavy (non-hydrogen) atoms. The van der Waals surface area contributed by atoms with E-state index in [-0.39, 0.29) is 6.61 Å². The molecule has 0 heterocycles. The fourth-order valence-corrected chi connectivity index (χ4v) is 2.50. The van der Waals surface area contributed by atoms with Crippen LogP contribution in [0.15, 0.2) is 42.5 Å². The molecule has 7 nitrogen and oxygen atoms in total. The van der Waals surface area contributed by atoms with E-state index >= 15 is 0 Å². The number of hydrogen-bond acceptors (Lipinski definition) is 5. The molecule has 2 rings (SSSR count). The summed E-state index contributed by atoms with van der Waals surface area (Å²) in [7, 11) is 3.09. The fourth-order valence-electron chi connectivity index (χ4n) is 2.50. The summed E-state index contributed by atoms with van der Waals surface area (Å²) in [4.78, 5) is 23.7. The van der Waals surface area contributed by atoms with E-state index < -0.39 is 11.8 Å². The predicted molar refractivity (Wildman–Crippen MR) is 106 cm³/mol. The minimum Gasteiger partial charge on any atom is -0.493 e. The Hall–Kier alpha value is -3.48. The summed E-state index contributed by atoms with van der Waals surface area (Å²) < 4.78 is 15.9. The van der Waals surface area contributed by atoms with Gasteiger partial charge in [0, 0.05) is 6.08 Å². The van der Waals surface area contributed by atoms with Crippen LogP contribution in [0.1, 0.15) is 16.7 Å². The average molecular weight is 384 g/mol. The van der Waals surface area contributed by atoms with E-state index in [0.717, 1.165) is 16.7 Å². The number of para-hydroxylation sites is 1. The number of methoxy groups -OCH3 is 2. The number of amides is 2. The van der Waals surface area contributed by atoms with Crippen molar-refractivity contribution < 1.29 is 23.8 Å². The maximum atomic E-state index is 11.9. The van der Waals surface area contributed by atoms with Crippen molar-refractivity contribution in [2.75, 3.05) is 20.8 Å². The van der Waals surface area contributed by atoms with E-state index in [4.69, 9.17) is 14.2 Å². The third-order valence-corrected chi connectivity index (χ3v) is 3.92. The Balaban J connectivity index is 1.83. The van der Waals surface area contributed by atoms with Gasteiger partial charge in [0.05, 0.1) is 14.2 Å². The average Bonchev–Trinajstić information content (AvgIpc) is 2.70. The van der Waals surface area contributed by atoms with Crippen LogP contribution in [0.25, 0.3) is 6.08 Å². The second-order valence-corrected chi connectivity index (χ2v) is 5.99. The van der Waals surface area contributed by atoms with E-state index in [0.29, 0.717) is 17.2 Å². The zero-order chi connectivity index (χ0) is 20.5. The van der Waals surface area contributed by atoms with Gasteiger partial charge >= 0.3 is 0 Å². The second kappa shape index (κ2) is 10.0. The van der Waals surface area contributed by atoms with Crippen LogP contribution in [-0.2, 0) is 9.59 Å². The monoisotopic (exact) mass is 384 g/mol. The molecule has 0 radical (unpaired) electrons. The summed E-state index contributed by atoms with van der Waals surface area (Å²) in [5.41, 5.74) is 7.24. The van der Waals surface area contributed by atoms with Crippen molar-refractivity contribution >= 4 is 17.9 Å². The van der Waals surface area contributed by atoms with Gasteiger partial charge in [0.1, 0.15) is 5.75 Å². The lowest BCUT2D eigenvalue weighted by Crippen LogP contribution is -2.43. The number of carbonyl (C=O) groups is 2. The summed E-state index contributed by atoms with van der Waals surface area (Å²) in [5.74, 6) is 0.880. The number of ether oxygens (including phenoxy) is 3. The number of aryl methyl sites for hydroxylation is 2. The summed E-state index contributed by atoms with van der Waals surface area (Å²) in [6.07, 6.45) is 2.89. The third-order valence-electron chi connectivity index (χ3n) is 3.92. The van der Waals surface area contributed by atoms with Gasteiger partial charge in [0.25, 0.3) is 11.8 Å². The van der Waals surface area contributed by atoms with E-state index in [1.54, 1.807) is 31.4 Å². The number of nitrogens with one attached hydrogen (secondary N) is 2. The van der Waals surface area contributed by atoms with Crippen molar-refractivity contribution in [1.29, 1.82) is 0 Å². The highest BCUT2D eigenvalue weighted by molar-refractivity contribution is 5.93. The zero-order valence-electron chi connectivity index (χ0n) is 16.4. The van der Waals surface area contributed by atoms with Gasteiger partial charge in [-0.1, -0.05) is 24.3 Å². The molecule has 2 N–H and O–H groups in total. The maximum Gasteiger partial charge on any atom is 0.276 e. The number of rotatable bonds is 7. The molecular formula is C21H24N2O5. The van der Waals surface area contributed by atoms with Crippen molar-refractivity contribution in [2.24, 2.45) is 0 Å². The van der Waals surface area contributed by atoms with Gasteiger partial charge in [0.2, 0.25) is 0 Å². The van der Waals surface area contributed by atoms with E-state index in [9.17, 15) is 9.59 Å². The number of benzene rings is 2.